The van der Waals surface area contributed by atoms with Crippen LogP contribution in [-0.2, 0) is 23.5 Å². The fourth-order valence-electron chi connectivity index (χ4n) is 6.50. The van der Waals surface area contributed by atoms with Crippen LogP contribution in [0.2, 0.25) is 0 Å². The predicted octanol–water partition coefficient (Wildman–Crippen LogP) is 8.68. The third-order valence-electron chi connectivity index (χ3n) is 8.52. The van der Waals surface area contributed by atoms with E-state index in [2.05, 4.69) is 17.0 Å². The Kier molecular flexibility index (Phi) is 8.48. The van der Waals surface area contributed by atoms with Crippen molar-refractivity contribution in [1.82, 2.24) is 4.90 Å². The van der Waals surface area contributed by atoms with Gasteiger partial charge in [-0.15, -0.1) is 0 Å². The van der Waals surface area contributed by atoms with Gasteiger partial charge in [0, 0.05) is 25.6 Å². The van der Waals surface area contributed by atoms with Crippen molar-refractivity contribution in [3.8, 4) is 0 Å². The predicted molar refractivity (Wildman–Crippen MR) is 142 cm³/mol. The second-order valence-electron chi connectivity index (χ2n) is 11.2. The maximum absolute atomic E-state index is 13.8. The number of likely N-dealkylation sites (tertiary alicyclic amines) is 1. The second-order valence-corrected chi connectivity index (χ2v) is 11.2. The Hall–Kier alpha value is -2.91. The van der Waals surface area contributed by atoms with Crippen molar-refractivity contribution >= 4 is 0 Å². The molecule has 9 heteroatoms. The molecule has 41 heavy (non-hydrogen) atoms. The van der Waals surface area contributed by atoms with Gasteiger partial charge in [0.15, 0.2) is 0 Å². The molecular formula is C32H32F7NO. The number of alkyl halides is 6. The highest BCUT2D eigenvalue weighted by atomic mass is 19.4. The molecule has 2 fully saturated rings. The fourth-order valence-corrected chi connectivity index (χ4v) is 6.50. The van der Waals surface area contributed by atoms with E-state index in [9.17, 15) is 30.7 Å². The van der Waals surface area contributed by atoms with E-state index in [-0.39, 0.29) is 29.3 Å². The molecule has 0 radical (unpaired) electrons. The molecule has 2 nitrogen and oxygen atoms in total. The van der Waals surface area contributed by atoms with Gasteiger partial charge in [-0.1, -0.05) is 42.5 Å². The zero-order valence-corrected chi connectivity index (χ0v) is 22.6. The van der Waals surface area contributed by atoms with Crippen molar-refractivity contribution in [2.45, 2.75) is 56.7 Å². The lowest BCUT2D eigenvalue weighted by Crippen LogP contribution is -2.38. The zero-order valence-electron chi connectivity index (χ0n) is 22.6. The first-order chi connectivity index (χ1) is 19.4. The lowest BCUT2D eigenvalue weighted by molar-refractivity contribution is -0.143. The van der Waals surface area contributed by atoms with Crippen LogP contribution in [0.25, 0.3) is 0 Å². The summed E-state index contributed by atoms with van der Waals surface area (Å²) in [6.45, 7) is 4.05. The van der Waals surface area contributed by atoms with Crippen LogP contribution in [-0.4, -0.2) is 30.6 Å². The normalized spacial score (nSPS) is 24.3. The third-order valence-corrected chi connectivity index (χ3v) is 8.52. The average molecular weight is 580 g/mol. The van der Waals surface area contributed by atoms with E-state index in [4.69, 9.17) is 4.74 Å². The number of hydrogen-bond donors (Lipinski definition) is 0. The molecule has 0 spiro atoms. The van der Waals surface area contributed by atoms with Gasteiger partial charge >= 0.3 is 12.4 Å². The molecule has 3 aromatic carbocycles. The lowest BCUT2D eigenvalue weighted by Gasteiger charge is -2.41. The molecule has 0 N–H and O–H groups in total. The summed E-state index contributed by atoms with van der Waals surface area (Å²) in [7, 11) is 0. The maximum Gasteiger partial charge on any atom is 0.416 e. The van der Waals surface area contributed by atoms with Gasteiger partial charge in [0.2, 0.25) is 0 Å². The summed E-state index contributed by atoms with van der Waals surface area (Å²) in [5.74, 6) is -0.0336. The SMILES string of the molecule is C[C@@H](O[C@H]1CCC2CN(CCc3ccccc3)CC2[C@@H]1c1ccc(F)cc1)c1cc(C(F)(F)F)cc(C(F)(F)F)c1. The van der Waals surface area contributed by atoms with Gasteiger partial charge in [-0.3, -0.25) is 0 Å². The van der Waals surface area contributed by atoms with E-state index in [1.165, 1.54) is 24.6 Å². The number of ether oxygens (including phenoxy) is 1. The molecule has 1 saturated heterocycles. The molecule has 0 aromatic heterocycles. The van der Waals surface area contributed by atoms with E-state index in [1.54, 1.807) is 12.1 Å². The van der Waals surface area contributed by atoms with Crippen LogP contribution in [0.4, 0.5) is 30.7 Å². The largest absolute Gasteiger partial charge is 0.416 e. The van der Waals surface area contributed by atoms with Crippen molar-refractivity contribution in [2.75, 3.05) is 19.6 Å². The van der Waals surface area contributed by atoms with Crippen molar-refractivity contribution in [3.63, 3.8) is 0 Å². The van der Waals surface area contributed by atoms with Crippen LogP contribution < -0.4 is 0 Å². The standard InChI is InChI=1S/C32H32F7NO/c1-20(24-15-25(31(34,35)36)17-26(16-24)32(37,38)39)41-29-12-9-23-18-40(14-13-21-5-3-2-4-6-21)19-28(23)30(29)22-7-10-27(33)11-8-22/h2-8,10-11,15-17,20,23,28-30H,9,12-14,18-19H2,1H3/t20-,23?,28?,29+,30+/m1/s1. The first-order valence-corrected chi connectivity index (χ1v) is 13.8. The molecule has 5 rings (SSSR count). The number of rotatable bonds is 7. The summed E-state index contributed by atoms with van der Waals surface area (Å²) in [5, 5.41) is 0. The smallest absolute Gasteiger partial charge is 0.370 e. The number of hydrogen-bond acceptors (Lipinski definition) is 2. The zero-order chi connectivity index (χ0) is 29.4. The van der Waals surface area contributed by atoms with Crippen molar-refractivity contribution in [3.05, 3.63) is 106 Å². The molecule has 1 aliphatic heterocycles. The summed E-state index contributed by atoms with van der Waals surface area (Å²) in [6, 6.07) is 18.0. The van der Waals surface area contributed by atoms with Gasteiger partial charge < -0.3 is 9.64 Å². The van der Waals surface area contributed by atoms with Gasteiger partial charge in [0.25, 0.3) is 0 Å². The average Bonchev–Trinajstić information content (AvgIpc) is 3.35. The van der Waals surface area contributed by atoms with Crippen LogP contribution in [0.5, 0.6) is 0 Å². The van der Waals surface area contributed by atoms with Crippen LogP contribution in [0.15, 0.2) is 72.8 Å². The van der Waals surface area contributed by atoms with Gasteiger partial charge in [-0.2, -0.15) is 26.3 Å². The number of benzene rings is 3. The van der Waals surface area contributed by atoms with E-state index in [0.717, 1.165) is 50.2 Å². The summed E-state index contributed by atoms with van der Waals surface area (Å²) in [6.07, 6.45) is -9.00. The Labute approximate surface area is 235 Å². The highest BCUT2D eigenvalue weighted by molar-refractivity contribution is 5.35. The number of nitrogens with zero attached hydrogens (tertiary/aromatic N) is 1. The van der Waals surface area contributed by atoms with Crippen molar-refractivity contribution in [1.29, 1.82) is 0 Å². The van der Waals surface area contributed by atoms with Gasteiger partial charge in [0.1, 0.15) is 5.82 Å². The minimum atomic E-state index is -4.93. The van der Waals surface area contributed by atoms with Gasteiger partial charge in [0.05, 0.1) is 23.3 Å². The van der Waals surface area contributed by atoms with E-state index >= 15 is 0 Å². The van der Waals surface area contributed by atoms with E-state index in [1.807, 2.05) is 18.2 Å². The summed E-state index contributed by atoms with van der Waals surface area (Å²) in [5.41, 5.74) is -0.791. The number of halogens is 7. The Morgan fingerprint density at radius 2 is 1.46 bits per heavy atom. The molecule has 1 aliphatic carbocycles. The number of fused-ring (bicyclic) bond motifs is 1. The molecule has 0 amide bonds. The summed E-state index contributed by atoms with van der Waals surface area (Å²) < 4.78 is 101. The molecule has 2 unspecified atom stereocenters. The molecule has 5 atom stereocenters. The Morgan fingerprint density at radius 1 is 0.829 bits per heavy atom. The Bertz CT molecular complexity index is 1270. The molecule has 0 bridgehead atoms. The molecular weight excluding hydrogens is 547 g/mol. The van der Waals surface area contributed by atoms with Crippen LogP contribution in [0.3, 0.4) is 0 Å². The minimum absolute atomic E-state index is 0.130. The van der Waals surface area contributed by atoms with Crippen molar-refractivity contribution < 1.29 is 35.5 Å². The topological polar surface area (TPSA) is 12.5 Å². The van der Waals surface area contributed by atoms with Crippen LogP contribution in [0, 0.1) is 17.7 Å². The van der Waals surface area contributed by atoms with E-state index < -0.39 is 35.7 Å². The van der Waals surface area contributed by atoms with Crippen molar-refractivity contribution in [2.24, 2.45) is 11.8 Å². The summed E-state index contributed by atoms with van der Waals surface area (Å²) in [4.78, 5) is 2.41. The first kappa shape index (κ1) is 29.6. The monoisotopic (exact) mass is 579 g/mol. The highest BCUT2D eigenvalue weighted by Crippen LogP contribution is 2.48. The van der Waals surface area contributed by atoms with E-state index in [0.29, 0.717) is 12.3 Å². The van der Waals surface area contributed by atoms with Gasteiger partial charge in [-0.05, 0) is 85.0 Å². The van der Waals surface area contributed by atoms with Crippen LogP contribution in [0.1, 0.15) is 59.6 Å². The Morgan fingerprint density at radius 3 is 2.07 bits per heavy atom. The minimum Gasteiger partial charge on any atom is -0.370 e. The fraction of sp³-hybridized carbons (Fsp3) is 0.438. The first-order valence-electron chi connectivity index (χ1n) is 13.8. The molecule has 1 saturated carbocycles. The summed E-state index contributed by atoms with van der Waals surface area (Å²) >= 11 is 0. The molecule has 3 aromatic rings. The maximum atomic E-state index is 13.8. The van der Waals surface area contributed by atoms with Crippen LogP contribution >= 0.6 is 0 Å². The molecule has 1 heterocycles. The highest BCUT2D eigenvalue weighted by Gasteiger charge is 2.46. The quantitative estimate of drug-likeness (QED) is 0.260. The van der Waals surface area contributed by atoms with Gasteiger partial charge in [-0.25, -0.2) is 4.39 Å². The Balaban J connectivity index is 1.39. The molecule has 220 valence electrons. The lowest BCUT2D eigenvalue weighted by atomic mass is 9.69. The second kappa shape index (κ2) is 11.8. The third kappa shape index (κ3) is 6.95. The molecule has 2 aliphatic rings.